The molecule has 1 unspecified atom stereocenters. The van der Waals surface area contributed by atoms with E-state index in [1.54, 1.807) is 20.5 Å². The number of aromatic nitrogens is 4. The molecule has 142 valence electrons. The Hall–Kier alpha value is -2.52. The zero-order valence-electron chi connectivity index (χ0n) is 15.2. The molecule has 1 saturated heterocycles. The first kappa shape index (κ1) is 17.9. The lowest BCUT2D eigenvalue weighted by molar-refractivity contribution is -0.0298. The largest absolute Gasteiger partial charge is 0.493 e. The summed E-state index contributed by atoms with van der Waals surface area (Å²) in [4.78, 5) is 13.4. The molecule has 0 aliphatic carbocycles. The van der Waals surface area contributed by atoms with Gasteiger partial charge in [-0.3, -0.25) is 4.57 Å². The molecular weight excluding hydrogens is 366 g/mol. The molecule has 1 aliphatic rings. The summed E-state index contributed by atoms with van der Waals surface area (Å²) in [5, 5.41) is 3.63. The van der Waals surface area contributed by atoms with Crippen LogP contribution in [0.3, 0.4) is 0 Å². The average molecular weight is 387 g/mol. The van der Waals surface area contributed by atoms with E-state index in [-0.39, 0.29) is 6.23 Å². The minimum absolute atomic E-state index is 0.0643. The van der Waals surface area contributed by atoms with Crippen molar-refractivity contribution in [3.05, 3.63) is 24.5 Å². The summed E-state index contributed by atoms with van der Waals surface area (Å²) in [7, 11) is 3.19. The molecule has 0 bridgehead atoms. The Bertz CT molecular complexity index is 956. The molecule has 3 aromatic rings. The van der Waals surface area contributed by atoms with Crippen LogP contribution in [-0.2, 0) is 4.74 Å². The molecule has 0 radical (unpaired) electrons. The summed E-state index contributed by atoms with van der Waals surface area (Å²) < 4.78 is 18.7. The normalized spacial score (nSPS) is 17.1. The zero-order valence-corrected chi connectivity index (χ0v) is 16.1. The molecule has 1 aromatic carbocycles. The predicted octanol–water partition coefficient (Wildman–Crippen LogP) is 3.57. The molecule has 1 N–H and O–H groups in total. The van der Waals surface area contributed by atoms with Crippen molar-refractivity contribution in [3.63, 3.8) is 0 Å². The third kappa shape index (κ3) is 3.40. The Balaban J connectivity index is 1.76. The van der Waals surface area contributed by atoms with Gasteiger partial charge in [0.1, 0.15) is 6.23 Å². The maximum atomic E-state index is 5.88. The fourth-order valence-corrected chi connectivity index (χ4v) is 3.45. The van der Waals surface area contributed by atoms with E-state index in [9.17, 15) is 0 Å². The Morgan fingerprint density at radius 2 is 2.11 bits per heavy atom. The van der Waals surface area contributed by atoms with Gasteiger partial charge in [0.05, 0.1) is 26.2 Å². The van der Waals surface area contributed by atoms with Crippen molar-refractivity contribution in [2.45, 2.75) is 30.6 Å². The number of nitrogens with one attached hydrogen (secondary N) is 1. The molecule has 4 rings (SSSR count). The van der Waals surface area contributed by atoms with E-state index < -0.39 is 0 Å². The molecule has 2 aromatic heterocycles. The predicted molar refractivity (Wildman–Crippen MR) is 104 cm³/mol. The van der Waals surface area contributed by atoms with Crippen molar-refractivity contribution < 1.29 is 14.2 Å². The molecule has 1 fully saturated rings. The van der Waals surface area contributed by atoms with Crippen LogP contribution in [0.4, 0.5) is 11.5 Å². The van der Waals surface area contributed by atoms with Crippen LogP contribution in [-0.4, -0.2) is 40.3 Å². The van der Waals surface area contributed by atoms with Gasteiger partial charge in [-0.2, -0.15) is 0 Å². The fraction of sp³-hybridized carbons (Fsp3) is 0.389. The van der Waals surface area contributed by atoms with Crippen LogP contribution in [0.15, 0.2) is 29.7 Å². The van der Waals surface area contributed by atoms with Crippen LogP contribution >= 0.6 is 12.6 Å². The lowest BCUT2D eigenvalue weighted by Crippen LogP contribution is -2.17. The van der Waals surface area contributed by atoms with Gasteiger partial charge in [0.2, 0.25) is 0 Å². The van der Waals surface area contributed by atoms with Gasteiger partial charge in [-0.05, 0) is 31.4 Å². The lowest BCUT2D eigenvalue weighted by Gasteiger charge is -2.23. The highest BCUT2D eigenvalue weighted by Crippen LogP contribution is 2.37. The summed E-state index contributed by atoms with van der Waals surface area (Å²) in [6, 6.07) is 5.59. The second kappa shape index (κ2) is 7.61. The Morgan fingerprint density at radius 1 is 1.22 bits per heavy atom. The standard InChI is InChI=1S/C18H21N5O3S/c1-24-12-7-5-6-11(15(12)25-2)20-16-14-17(22-18(27)21-16)23(10-19-14)13-8-3-4-9-26-13/h5-7,10,13H,3-4,8-9H2,1-2H3,(H2,20,21,22,27). The summed E-state index contributed by atoms with van der Waals surface area (Å²) >= 11 is 4.37. The van der Waals surface area contributed by atoms with Crippen molar-refractivity contribution in [3.8, 4) is 11.5 Å². The number of ether oxygens (including phenoxy) is 3. The monoisotopic (exact) mass is 387 g/mol. The second-order valence-electron chi connectivity index (χ2n) is 6.18. The summed E-state index contributed by atoms with van der Waals surface area (Å²) in [6.45, 7) is 0.745. The highest BCUT2D eigenvalue weighted by molar-refractivity contribution is 7.80. The van der Waals surface area contributed by atoms with Crippen molar-refractivity contribution in [1.29, 1.82) is 0 Å². The molecule has 1 atom stereocenters. The van der Waals surface area contributed by atoms with Crippen LogP contribution in [0.2, 0.25) is 0 Å². The number of anilines is 2. The number of imidazole rings is 1. The summed E-state index contributed by atoms with van der Waals surface area (Å²) in [5.74, 6) is 1.76. The molecule has 9 heteroatoms. The van der Waals surface area contributed by atoms with Gasteiger partial charge in [0.25, 0.3) is 0 Å². The smallest absolute Gasteiger partial charge is 0.188 e. The van der Waals surface area contributed by atoms with Crippen molar-refractivity contribution in [1.82, 2.24) is 19.5 Å². The molecule has 27 heavy (non-hydrogen) atoms. The number of hydrogen-bond acceptors (Lipinski definition) is 8. The van der Waals surface area contributed by atoms with Crippen molar-refractivity contribution in [2.24, 2.45) is 0 Å². The van der Waals surface area contributed by atoms with Crippen LogP contribution in [0, 0.1) is 0 Å². The Labute approximate surface area is 162 Å². The molecule has 8 nitrogen and oxygen atoms in total. The van der Waals surface area contributed by atoms with E-state index in [1.165, 1.54) is 0 Å². The number of hydrogen-bond donors (Lipinski definition) is 2. The van der Waals surface area contributed by atoms with Crippen LogP contribution in [0.1, 0.15) is 25.5 Å². The van der Waals surface area contributed by atoms with Crippen LogP contribution in [0.25, 0.3) is 11.2 Å². The number of nitrogens with zero attached hydrogens (tertiary/aromatic N) is 4. The summed E-state index contributed by atoms with van der Waals surface area (Å²) in [6.07, 6.45) is 4.82. The van der Waals surface area contributed by atoms with Gasteiger partial charge in [0, 0.05) is 6.61 Å². The number of methoxy groups -OCH3 is 2. The van der Waals surface area contributed by atoms with Crippen molar-refractivity contribution >= 4 is 35.3 Å². The van der Waals surface area contributed by atoms with Gasteiger partial charge in [-0.1, -0.05) is 6.07 Å². The number of rotatable bonds is 5. The van der Waals surface area contributed by atoms with E-state index in [1.807, 2.05) is 22.8 Å². The fourth-order valence-electron chi connectivity index (χ4n) is 3.26. The average Bonchev–Trinajstić information content (AvgIpc) is 3.12. The van der Waals surface area contributed by atoms with E-state index in [0.717, 1.165) is 25.9 Å². The lowest BCUT2D eigenvalue weighted by atomic mass is 10.2. The molecule has 0 saturated carbocycles. The van der Waals surface area contributed by atoms with Gasteiger partial charge in [0.15, 0.2) is 33.6 Å². The third-order valence-corrected chi connectivity index (χ3v) is 4.73. The Morgan fingerprint density at radius 3 is 2.85 bits per heavy atom. The van der Waals surface area contributed by atoms with E-state index in [4.69, 9.17) is 14.2 Å². The van der Waals surface area contributed by atoms with Crippen molar-refractivity contribution in [2.75, 3.05) is 26.1 Å². The topological polar surface area (TPSA) is 83.3 Å². The number of para-hydroxylation sites is 1. The highest BCUT2D eigenvalue weighted by Gasteiger charge is 2.21. The maximum Gasteiger partial charge on any atom is 0.188 e. The van der Waals surface area contributed by atoms with Gasteiger partial charge in [-0.15, -0.1) is 12.6 Å². The number of thiol groups is 1. The first-order chi connectivity index (χ1) is 13.2. The molecule has 1 aliphatic heterocycles. The maximum absolute atomic E-state index is 5.88. The van der Waals surface area contributed by atoms with Gasteiger partial charge in [-0.25, -0.2) is 15.0 Å². The number of fused-ring (bicyclic) bond motifs is 1. The molecule has 0 spiro atoms. The van der Waals surface area contributed by atoms with E-state index in [0.29, 0.717) is 39.3 Å². The SMILES string of the molecule is COc1cccc(Nc2nc(S)nc3c2ncn3C2CCCCO2)c1OC. The quantitative estimate of drug-likeness (QED) is 0.511. The highest BCUT2D eigenvalue weighted by atomic mass is 32.1. The van der Waals surface area contributed by atoms with Gasteiger partial charge < -0.3 is 19.5 Å². The minimum Gasteiger partial charge on any atom is -0.493 e. The first-order valence-corrected chi connectivity index (χ1v) is 9.19. The summed E-state index contributed by atoms with van der Waals surface area (Å²) in [5.41, 5.74) is 2.05. The van der Waals surface area contributed by atoms with Crippen LogP contribution < -0.4 is 14.8 Å². The van der Waals surface area contributed by atoms with E-state index in [2.05, 4.69) is 32.9 Å². The number of benzene rings is 1. The Kier molecular flexibility index (Phi) is 5.04. The van der Waals surface area contributed by atoms with Crippen LogP contribution in [0.5, 0.6) is 11.5 Å². The molecule has 0 amide bonds. The minimum atomic E-state index is -0.0643. The second-order valence-corrected chi connectivity index (χ2v) is 6.58. The molecule has 3 heterocycles. The van der Waals surface area contributed by atoms with Gasteiger partial charge >= 0.3 is 0 Å². The van der Waals surface area contributed by atoms with E-state index >= 15 is 0 Å². The third-order valence-electron chi connectivity index (χ3n) is 4.53. The molecular formula is C18H21N5O3S. The first-order valence-electron chi connectivity index (χ1n) is 8.74. The zero-order chi connectivity index (χ0) is 18.8.